The van der Waals surface area contributed by atoms with Crippen molar-refractivity contribution in [1.29, 1.82) is 0 Å². The maximum Gasteiger partial charge on any atom is 0.180 e. The minimum absolute atomic E-state index is 1.35. The second-order valence-corrected chi connectivity index (χ2v) is 2.50. The van der Waals surface area contributed by atoms with Gasteiger partial charge in [0.1, 0.15) is 12.5 Å². The highest BCUT2D eigenvalue weighted by molar-refractivity contribution is 7.03. The molecule has 3 rings (SSSR count). The molecule has 0 spiro atoms. The van der Waals surface area contributed by atoms with E-state index in [0.717, 1.165) is 0 Å². The highest BCUT2D eigenvalue weighted by Crippen LogP contribution is 1.78. The lowest BCUT2D eigenvalue weighted by Crippen LogP contribution is -1.53. The molecule has 0 unspecified atom stereocenters. The Kier molecular flexibility index (Phi) is 6.23. The average molecular weight is 225 g/mol. The lowest BCUT2D eigenvalue weighted by atomic mass is 11.0. The summed E-state index contributed by atoms with van der Waals surface area (Å²) in [5, 5.41) is 11.7. The SMILES string of the molecule is c1cocn1.c1conn1.c1csnn1. The zero-order chi connectivity index (χ0) is 10.6. The molecule has 0 aromatic carbocycles. The molecule has 0 aliphatic rings. The molecule has 3 heterocycles. The van der Waals surface area contributed by atoms with Gasteiger partial charge in [-0.3, -0.25) is 0 Å². The summed E-state index contributed by atoms with van der Waals surface area (Å²) in [5.74, 6) is 0. The lowest BCUT2D eigenvalue weighted by molar-refractivity contribution is 0.393. The summed E-state index contributed by atoms with van der Waals surface area (Å²) >= 11 is 1.35. The van der Waals surface area contributed by atoms with E-state index in [9.17, 15) is 0 Å². The van der Waals surface area contributed by atoms with E-state index in [1.54, 1.807) is 12.4 Å². The minimum Gasteiger partial charge on any atom is -0.452 e. The zero-order valence-electron chi connectivity index (χ0n) is 7.50. The van der Waals surface area contributed by atoms with Gasteiger partial charge in [-0.1, -0.05) is 4.49 Å². The molecule has 0 N–H and O–H groups in total. The quantitative estimate of drug-likeness (QED) is 0.569. The Morgan fingerprint density at radius 2 is 2.00 bits per heavy atom. The monoisotopic (exact) mass is 225 g/mol. The summed E-state index contributed by atoms with van der Waals surface area (Å²) in [7, 11) is 0. The van der Waals surface area contributed by atoms with Gasteiger partial charge in [0.2, 0.25) is 0 Å². The van der Waals surface area contributed by atoms with E-state index < -0.39 is 0 Å². The third-order valence-electron chi connectivity index (χ3n) is 0.913. The fourth-order valence-corrected chi connectivity index (χ4v) is 0.720. The second-order valence-electron chi connectivity index (χ2n) is 1.85. The van der Waals surface area contributed by atoms with Crippen molar-refractivity contribution in [3.8, 4) is 0 Å². The van der Waals surface area contributed by atoms with Gasteiger partial charge in [-0.25, -0.2) is 4.98 Å². The molecule has 0 saturated carbocycles. The number of aromatic nitrogens is 5. The molecule has 0 bridgehead atoms. The lowest BCUT2D eigenvalue weighted by Gasteiger charge is -1.47. The number of oxazole rings is 1. The van der Waals surface area contributed by atoms with E-state index in [0.29, 0.717) is 0 Å². The Morgan fingerprint density at radius 3 is 2.20 bits per heavy atom. The van der Waals surface area contributed by atoms with Crippen LogP contribution < -0.4 is 0 Å². The van der Waals surface area contributed by atoms with Gasteiger partial charge in [-0.05, 0) is 11.5 Å². The van der Waals surface area contributed by atoms with Crippen LogP contribution in [0.4, 0.5) is 0 Å². The largest absolute Gasteiger partial charge is 0.452 e. The van der Waals surface area contributed by atoms with Crippen LogP contribution in [0.25, 0.3) is 0 Å². The van der Waals surface area contributed by atoms with Crippen LogP contribution >= 0.6 is 11.5 Å². The van der Waals surface area contributed by atoms with Crippen molar-refractivity contribution in [2.45, 2.75) is 0 Å². The van der Waals surface area contributed by atoms with Crippen LogP contribution in [0.5, 0.6) is 0 Å². The van der Waals surface area contributed by atoms with Crippen molar-refractivity contribution in [2.24, 2.45) is 0 Å². The van der Waals surface area contributed by atoms with E-state index in [4.69, 9.17) is 0 Å². The normalized spacial score (nSPS) is 8.00. The summed E-state index contributed by atoms with van der Waals surface area (Å²) in [5.41, 5.74) is 0. The fraction of sp³-hybridized carbons (Fsp3) is 0. The van der Waals surface area contributed by atoms with Crippen molar-refractivity contribution in [3.63, 3.8) is 0 Å². The first-order valence-electron chi connectivity index (χ1n) is 3.74. The maximum absolute atomic E-state index is 4.47. The van der Waals surface area contributed by atoms with Crippen LogP contribution in [0.3, 0.4) is 0 Å². The first kappa shape index (κ1) is 11.0. The predicted octanol–water partition coefficient (Wildman–Crippen LogP) is 1.28. The average Bonchev–Trinajstić information content (AvgIpc) is 3.09. The van der Waals surface area contributed by atoms with Gasteiger partial charge in [0, 0.05) is 10.7 Å². The molecule has 8 heteroatoms. The molecule has 3 aromatic rings. The highest BCUT2D eigenvalue weighted by atomic mass is 32.1. The van der Waals surface area contributed by atoms with Crippen molar-refractivity contribution >= 4 is 11.5 Å². The molecule has 0 amide bonds. The van der Waals surface area contributed by atoms with Crippen LogP contribution in [0.2, 0.25) is 0 Å². The number of nitrogens with zero attached hydrogens (tertiary/aromatic N) is 5. The smallest absolute Gasteiger partial charge is 0.180 e. The Bertz CT molecular complexity index is 257. The molecule has 15 heavy (non-hydrogen) atoms. The Hall–Kier alpha value is -2.09. The Balaban J connectivity index is 0.000000112. The topological polar surface area (TPSA) is 90.7 Å². The summed E-state index contributed by atoms with van der Waals surface area (Å²) in [4.78, 5) is 3.56. The van der Waals surface area contributed by atoms with E-state index in [1.807, 2.05) is 5.38 Å². The second kappa shape index (κ2) is 8.51. The van der Waals surface area contributed by atoms with Crippen molar-refractivity contribution in [1.82, 2.24) is 24.9 Å². The molecular weight excluding hydrogens is 218 g/mol. The van der Waals surface area contributed by atoms with Crippen LogP contribution in [0, 0.1) is 0 Å². The van der Waals surface area contributed by atoms with Gasteiger partial charge in [-0.2, -0.15) is 0 Å². The van der Waals surface area contributed by atoms with Crippen LogP contribution in [0.15, 0.2) is 51.8 Å². The molecule has 0 aliphatic heterocycles. The van der Waals surface area contributed by atoms with Gasteiger partial charge >= 0.3 is 0 Å². The van der Waals surface area contributed by atoms with Gasteiger partial charge in [0.15, 0.2) is 6.39 Å². The van der Waals surface area contributed by atoms with E-state index in [1.165, 1.54) is 36.6 Å². The van der Waals surface area contributed by atoms with Crippen molar-refractivity contribution in [2.75, 3.05) is 0 Å². The molecular formula is C7H7N5O2S. The summed E-state index contributed by atoms with van der Waals surface area (Å²) in [6.45, 7) is 0. The number of rotatable bonds is 0. The minimum atomic E-state index is 1.35. The van der Waals surface area contributed by atoms with Gasteiger partial charge in [0.25, 0.3) is 0 Å². The highest BCUT2D eigenvalue weighted by Gasteiger charge is 1.62. The fourth-order valence-electron chi connectivity index (χ4n) is 0.448. The van der Waals surface area contributed by atoms with Gasteiger partial charge < -0.3 is 8.94 Å². The molecule has 0 saturated heterocycles. The van der Waals surface area contributed by atoms with Crippen molar-refractivity contribution < 1.29 is 8.94 Å². The van der Waals surface area contributed by atoms with Gasteiger partial charge in [-0.15, -0.1) is 10.2 Å². The molecule has 0 fully saturated rings. The van der Waals surface area contributed by atoms with Crippen molar-refractivity contribution in [3.05, 3.63) is 42.9 Å². The maximum atomic E-state index is 4.47. The number of hydrogen-bond donors (Lipinski definition) is 0. The van der Waals surface area contributed by atoms with Crippen LogP contribution in [-0.2, 0) is 0 Å². The third kappa shape index (κ3) is 7.02. The molecule has 0 atom stereocenters. The first-order chi connectivity index (χ1) is 7.50. The molecule has 3 aromatic heterocycles. The standard InChI is InChI=1S/C3H3NO.C2H2N2O.C2H2N2S/c1-2-5-3-4-1;2*1-2-5-4-3-1/h1-3H;2*1-2H. The molecule has 78 valence electrons. The Labute approximate surface area is 88.9 Å². The zero-order valence-corrected chi connectivity index (χ0v) is 8.32. The Morgan fingerprint density at radius 1 is 1.00 bits per heavy atom. The summed E-state index contributed by atoms with van der Waals surface area (Å²) in [6.07, 6.45) is 9.00. The van der Waals surface area contributed by atoms with E-state index >= 15 is 0 Å². The predicted molar refractivity (Wildman–Crippen MR) is 50.7 cm³/mol. The molecule has 7 nitrogen and oxygen atoms in total. The van der Waals surface area contributed by atoms with E-state index in [-0.39, 0.29) is 0 Å². The third-order valence-corrected chi connectivity index (χ3v) is 1.34. The summed E-state index contributed by atoms with van der Waals surface area (Å²) < 4.78 is 12.2. The first-order valence-corrected chi connectivity index (χ1v) is 4.58. The van der Waals surface area contributed by atoms with E-state index in [2.05, 4.69) is 33.9 Å². The van der Waals surface area contributed by atoms with Crippen LogP contribution in [0.1, 0.15) is 0 Å². The van der Waals surface area contributed by atoms with Gasteiger partial charge in [0.05, 0.1) is 18.6 Å². The number of hydrogen-bond acceptors (Lipinski definition) is 8. The molecule has 0 radical (unpaired) electrons. The van der Waals surface area contributed by atoms with Crippen LogP contribution in [-0.4, -0.2) is 24.9 Å². The molecule has 0 aliphatic carbocycles. The summed E-state index contributed by atoms with van der Waals surface area (Å²) in [6, 6.07) is 0.